The van der Waals surface area contributed by atoms with Gasteiger partial charge >= 0.3 is 5.97 Å². The van der Waals surface area contributed by atoms with Crippen LogP contribution in [-0.2, 0) is 9.53 Å². The topological polar surface area (TPSA) is 44.8 Å². The van der Waals surface area contributed by atoms with Gasteiger partial charge in [-0.15, -0.1) is 0 Å². The zero-order valence-electron chi connectivity index (χ0n) is 12.9. The van der Waals surface area contributed by atoms with E-state index in [2.05, 4.69) is 21.2 Å². The Morgan fingerprint density at radius 3 is 2.61 bits per heavy atom. The van der Waals surface area contributed by atoms with Crippen molar-refractivity contribution in [3.63, 3.8) is 0 Å². The summed E-state index contributed by atoms with van der Waals surface area (Å²) >= 11 is 14.3. The zero-order valence-corrected chi connectivity index (χ0v) is 16.1. The molecular weight excluding hydrogens is 398 g/mol. The number of thiocarbonyl (C=S) groups is 2. The first-order chi connectivity index (χ1) is 10.9. The third-order valence-electron chi connectivity index (χ3n) is 3.38. The highest BCUT2D eigenvalue weighted by molar-refractivity contribution is 9.10. The zero-order chi connectivity index (χ0) is 17.0. The first-order valence-corrected chi connectivity index (χ1v) is 8.85. The minimum atomic E-state index is -0.347. The molecule has 2 rings (SSSR count). The van der Waals surface area contributed by atoms with E-state index in [1.54, 1.807) is 0 Å². The van der Waals surface area contributed by atoms with Crippen molar-refractivity contribution in [3.8, 4) is 0 Å². The lowest BCUT2D eigenvalue weighted by atomic mass is 10.3. The van der Waals surface area contributed by atoms with Crippen molar-refractivity contribution in [2.45, 2.75) is 26.5 Å². The molecule has 0 saturated carbocycles. The van der Waals surface area contributed by atoms with E-state index >= 15 is 0 Å². The van der Waals surface area contributed by atoms with E-state index in [9.17, 15) is 4.79 Å². The summed E-state index contributed by atoms with van der Waals surface area (Å²) in [5, 5.41) is 4.29. The van der Waals surface area contributed by atoms with Crippen LogP contribution in [0.15, 0.2) is 28.7 Å². The Labute approximate surface area is 155 Å². The Hall–Kier alpha value is -1.25. The number of carbonyl (C=O) groups is 1. The molecule has 1 heterocycles. The Morgan fingerprint density at radius 1 is 1.39 bits per heavy atom. The number of nitrogens with one attached hydrogen (secondary N) is 1. The van der Waals surface area contributed by atoms with Gasteiger partial charge in [0.15, 0.2) is 16.5 Å². The normalized spacial score (nSPS) is 15.5. The molecular formula is C15H18BrN3O2S2. The highest BCUT2D eigenvalue weighted by Crippen LogP contribution is 2.19. The summed E-state index contributed by atoms with van der Waals surface area (Å²) in [4.78, 5) is 15.0. The van der Waals surface area contributed by atoms with E-state index < -0.39 is 0 Å². The van der Waals surface area contributed by atoms with Gasteiger partial charge < -0.3 is 15.0 Å². The maximum atomic E-state index is 11.2. The average Bonchev–Trinajstić information content (AvgIpc) is 2.88. The largest absolute Gasteiger partial charge is 0.442 e. The summed E-state index contributed by atoms with van der Waals surface area (Å²) in [7, 11) is 0. The second kappa shape index (κ2) is 8.03. The Morgan fingerprint density at radius 2 is 2.04 bits per heavy atom. The molecule has 1 aliphatic rings. The van der Waals surface area contributed by atoms with Gasteiger partial charge in [-0.05, 0) is 48.7 Å². The van der Waals surface area contributed by atoms with Crippen molar-refractivity contribution < 1.29 is 9.53 Å². The second-order valence-corrected chi connectivity index (χ2v) is 6.70. The maximum Gasteiger partial charge on any atom is 0.304 e. The van der Waals surface area contributed by atoms with Gasteiger partial charge in [0.05, 0.1) is 0 Å². The molecule has 1 aromatic rings. The van der Waals surface area contributed by atoms with Crippen LogP contribution in [0.2, 0.25) is 0 Å². The first-order valence-electron chi connectivity index (χ1n) is 7.24. The van der Waals surface area contributed by atoms with E-state index in [1.165, 1.54) is 6.92 Å². The van der Waals surface area contributed by atoms with E-state index in [1.807, 2.05) is 41.0 Å². The average molecular weight is 416 g/mol. The molecule has 0 amide bonds. The molecule has 0 radical (unpaired) electrons. The number of esters is 1. The van der Waals surface area contributed by atoms with Crippen molar-refractivity contribution in [2.75, 3.05) is 18.4 Å². The van der Waals surface area contributed by atoms with Crippen molar-refractivity contribution in [1.82, 2.24) is 9.80 Å². The number of hydrogen-bond donors (Lipinski definition) is 1. The molecule has 1 unspecified atom stereocenters. The van der Waals surface area contributed by atoms with E-state index in [0.717, 1.165) is 10.2 Å². The predicted octanol–water partition coefficient (Wildman–Crippen LogP) is 3.35. The molecule has 8 heteroatoms. The van der Waals surface area contributed by atoms with Crippen molar-refractivity contribution in [3.05, 3.63) is 28.7 Å². The van der Waals surface area contributed by atoms with Gasteiger partial charge in [0.1, 0.15) is 0 Å². The molecule has 1 atom stereocenters. The minimum Gasteiger partial charge on any atom is -0.442 e. The number of rotatable bonds is 4. The molecule has 1 aromatic carbocycles. The standard InChI is InChI=1S/C15H18BrN3O2S2/c1-3-13(21-10(2)20)18-8-9-19(15(18)23)14(22)17-12-6-4-11(16)5-7-12/h4-7,13H,3,8-9H2,1-2H3,(H,17,22). The van der Waals surface area contributed by atoms with Crippen molar-refractivity contribution in [2.24, 2.45) is 0 Å². The summed E-state index contributed by atoms with van der Waals surface area (Å²) in [6, 6.07) is 7.74. The molecule has 1 fully saturated rings. The third-order valence-corrected chi connectivity index (χ3v) is 4.69. The summed E-state index contributed by atoms with van der Waals surface area (Å²) < 4.78 is 6.32. The molecule has 0 bridgehead atoms. The lowest BCUT2D eigenvalue weighted by Crippen LogP contribution is -2.43. The van der Waals surface area contributed by atoms with Crippen LogP contribution in [0.5, 0.6) is 0 Å². The van der Waals surface area contributed by atoms with Crippen LogP contribution in [0.3, 0.4) is 0 Å². The lowest BCUT2D eigenvalue weighted by Gasteiger charge is -2.28. The van der Waals surface area contributed by atoms with E-state index in [0.29, 0.717) is 29.7 Å². The van der Waals surface area contributed by atoms with Crippen molar-refractivity contribution >= 4 is 62.2 Å². The van der Waals surface area contributed by atoms with E-state index in [-0.39, 0.29) is 12.2 Å². The highest BCUT2D eigenvalue weighted by Gasteiger charge is 2.33. The summed E-state index contributed by atoms with van der Waals surface area (Å²) in [6.07, 6.45) is 0.320. The van der Waals surface area contributed by atoms with Crippen LogP contribution in [0.1, 0.15) is 20.3 Å². The highest BCUT2D eigenvalue weighted by atomic mass is 79.9. The molecule has 124 valence electrons. The fourth-order valence-corrected chi connectivity index (χ4v) is 3.30. The smallest absolute Gasteiger partial charge is 0.304 e. The van der Waals surface area contributed by atoms with Crippen LogP contribution < -0.4 is 5.32 Å². The monoisotopic (exact) mass is 415 g/mol. The molecule has 23 heavy (non-hydrogen) atoms. The van der Waals surface area contributed by atoms with Gasteiger partial charge in [0, 0.05) is 36.6 Å². The number of anilines is 1. The molecule has 0 spiro atoms. The van der Waals surface area contributed by atoms with Crippen LogP contribution in [0, 0.1) is 0 Å². The number of benzene rings is 1. The van der Waals surface area contributed by atoms with Gasteiger partial charge in [0.2, 0.25) is 0 Å². The summed E-state index contributed by atoms with van der Waals surface area (Å²) in [5.74, 6) is -0.311. The number of hydrogen-bond acceptors (Lipinski definition) is 4. The number of ether oxygens (including phenoxy) is 1. The van der Waals surface area contributed by atoms with Gasteiger partial charge in [-0.2, -0.15) is 0 Å². The fourth-order valence-electron chi connectivity index (χ4n) is 2.29. The van der Waals surface area contributed by atoms with Crippen LogP contribution in [-0.4, -0.2) is 45.3 Å². The van der Waals surface area contributed by atoms with Crippen molar-refractivity contribution in [1.29, 1.82) is 0 Å². The molecule has 0 aromatic heterocycles. The third kappa shape index (κ3) is 4.62. The van der Waals surface area contributed by atoms with Gasteiger partial charge in [-0.1, -0.05) is 22.9 Å². The molecule has 5 nitrogen and oxygen atoms in total. The molecule has 1 saturated heterocycles. The SMILES string of the molecule is CCC(OC(C)=O)N1CCN(C(=S)Nc2ccc(Br)cc2)C1=S. The predicted molar refractivity (Wildman–Crippen MR) is 102 cm³/mol. The number of nitrogens with zero attached hydrogens (tertiary/aromatic N) is 2. The molecule has 0 aliphatic carbocycles. The van der Waals surface area contributed by atoms with Crippen LogP contribution >= 0.6 is 40.4 Å². The van der Waals surface area contributed by atoms with Crippen LogP contribution in [0.25, 0.3) is 0 Å². The quantitative estimate of drug-likeness (QED) is 0.597. The van der Waals surface area contributed by atoms with Gasteiger partial charge in [-0.25, -0.2) is 0 Å². The summed E-state index contributed by atoms with van der Waals surface area (Å²) in [6.45, 7) is 4.70. The second-order valence-electron chi connectivity index (χ2n) is 5.04. The molecule has 1 aliphatic heterocycles. The van der Waals surface area contributed by atoms with Gasteiger partial charge in [-0.3, -0.25) is 9.69 Å². The Bertz CT molecular complexity index is 609. The maximum absolute atomic E-state index is 11.2. The number of halogens is 1. The fraction of sp³-hybridized carbons (Fsp3) is 0.400. The molecule has 1 N–H and O–H groups in total. The summed E-state index contributed by atoms with van der Waals surface area (Å²) in [5.41, 5.74) is 0.895. The Kier molecular flexibility index (Phi) is 6.32. The number of carbonyl (C=O) groups excluding carboxylic acids is 1. The lowest BCUT2D eigenvalue weighted by molar-refractivity contribution is -0.152. The minimum absolute atomic E-state index is 0.311. The van der Waals surface area contributed by atoms with Crippen LogP contribution in [0.4, 0.5) is 5.69 Å². The Balaban J connectivity index is 2.01. The van der Waals surface area contributed by atoms with E-state index in [4.69, 9.17) is 29.2 Å². The first kappa shape index (κ1) is 18.1. The van der Waals surface area contributed by atoms with Gasteiger partial charge in [0.25, 0.3) is 0 Å².